The van der Waals surface area contributed by atoms with E-state index in [4.69, 9.17) is 0 Å². The van der Waals surface area contributed by atoms with Crippen LogP contribution in [0.25, 0.3) is 0 Å². The third kappa shape index (κ3) is 7.57. The van der Waals surface area contributed by atoms with E-state index in [1.165, 1.54) is 0 Å². The molecule has 0 saturated carbocycles. The van der Waals surface area contributed by atoms with Gasteiger partial charge in [0.2, 0.25) is 0 Å². The molecule has 0 amide bonds. The largest absolute Gasteiger partial charge is 0.300 e. The zero-order valence-electron chi connectivity index (χ0n) is 8.24. The monoisotopic (exact) mass is 156 g/mol. The molecule has 0 aromatic carbocycles. The normalized spacial score (nSPS) is 11.6. The molecule has 1 heteroatoms. The van der Waals surface area contributed by atoms with Crippen LogP contribution in [0.1, 0.15) is 53.4 Å². The quantitative estimate of drug-likeness (QED) is 0.611. The molecule has 11 heavy (non-hydrogen) atoms. The lowest BCUT2D eigenvalue weighted by molar-refractivity contribution is -0.119. The van der Waals surface area contributed by atoms with Crippen LogP contribution >= 0.6 is 0 Å². The molecule has 0 aliphatic rings. The highest BCUT2D eigenvalue weighted by Gasteiger charge is 2.11. The van der Waals surface area contributed by atoms with E-state index in [1.54, 1.807) is 0 Å². The molecule has 0 atom stereocenters. The Labute approximate surface area is 70.2 Å². The van der Waals surface area contributed by atoms with Gasteiger partial charge in [0.15, 0.2) is 0 Å². The Morgan fingerprint density at radius 1 is 1.18 bits per heavy atom. The maximum absolute atomic E-state index is 11.1. The van der Waals surface area contributed by atoms with Crippen molar-refractivity contribution in [2.24, 2.45) is 5.41 Å². The van der Waals surface area contributed by atoms with E-state index < -0.39 is 0 Å². The Bertz CT molecular complexity index is 119. The van der Waals surface area contributed by atoms with Crippen molar-refractivity contribution in [3.8, 4) is 0 Å². The van der Waals surface area contributed by atoms with Crippen LogP contribution in [0, 0.1) is 5.41 Å². The Kier molecular flexibility index (Phi) is 4.39. The number of carbonyl (C=O) groups excluding carboxylic acids is 1. The van der Waals surface area contributed by atoms with Crippen molar-refractivity contribution in [1.29, 1.82) is 0 Å². The van der Waals surface area contributed by atoms with Gasteiger partial charge >= 0.3 is 0 Å². The molecule has 0 aromatic heterocycles. The summed E-state index contributed by atoms with van der Waals surface area (Å²) in [7, 11) is 0. The summed E-state index contributed by atoms with van der Waals surface area (Å²) in [6.07, 6.45) is 3.53. The van der Waals surface area contributed by atoms with Crippen LogP contribution in [0.5, 0.6) is 0 Å². The SMILES string of the molecule is CCCC(=O)CCC(C)(C)C. The molecule has 0 N–H and O–H groups in total. The Morgan fingerprint density at radius 3 is 2.09 bits per heavy atom. The van der Waals surface area contributed by atoms with Crippen LogP contribution in [0.15, 0.2) is 0 Å². The molecule has 0 spiro atoms. The minimum atomic E-state index is 0.309. The van der Waals surface area contributed by atoms with Crippen molar-refractivity contribution in [3.63, 3.8) is 0 Å². The van der Waals surface area contributed by atoms with Gasteiger partial charge in [-0.2, -0.15) is 0 Å². The molecule has 0 rings (SSSR count). The second-order valence-corrected chi connectivity index (χ2v) is 4.35. The number of Topliss-reactive ketones (excluding diaryl/α,β-unsaturated/α-hetero) is 1. The van der Waals surface area contributed by atoms with Gasteiger partial charge in [0.05, 0.1) is 0 Å². The van der Waals surface area contributed by atoms with Gasteiger partial charge in [-0.05, 0) is 18.3 Å². The number of carbonyl (C=O) groups is 1. The van der Waals surface area contributed by atoms with Crippen LogP contribution in [-0.4, -0.2) is 5.78 Å². The van der Waals surface area contributed by atoms with Crippen molar-refractivity contribution >= 4 is 5.78 Å². The molecule has 0 aliphatic carbocycles. The van der Waals surface area contributed by atoms with Crippen molar-refractivity contribution < 1.29 is 4.79 Å². The summed E-state index contributed by atoms with van der Waals surface area (Å²) < 4.78 is 0. The van der Waals surface area contributed by atoms with Crippen molar-refractivity contribution in [1.82, 2.24) is 0 Å². The second kappa shape index (κ2) is 4.53. The maximum Gasteiger partial charge on any atom is 0.132 e. The Balaban J connectivity index is 3.46. The Hall–Kier alpha value is -0.330. The minimum absolute atomic E-state index is 0.309. The minimum Gasteiger partial charge on any atom is -0.300 e. The molecule has 0 radical (unpaired) electrons. The van der Waals surface area contributed by atoms with E-state index in [-0.39, 0.29) is 0 Å². The van der Waals surface area contributed by atoms with Crippen LogP contribution in [0.3, 0.4) is 0 Å². The highest BCUT2D eigenvalue weighted by Crippen LogP contribution is 2.20. The summed E-state index contributed by atoms with van der Waals surface area (Å²) in [6.45, 7) is 8.57. The van der Waals surface area contributed by atoms with Crippen molar-refractivity contribution in [2.45, 2.75) is 53.4 Å². The molecule has 66 valence electrons. The molecule has 1 nitrogen and oxygen atoms in total. The molecule has 0 bridgehead atoms. The second-order valence-electron chi connectivity index (χ2n) is 4.35. The lowest BCUT2D eigenvalue weighted by atomic mass is 9.89. The first kappa shape index (κ1) is 10.7. The smallest absolute Gasteiger partial charge is 0.132 e. The highest BCUT2D eigenvalue weighted by atomic mass is 16.1. The topological polar surface area (TPSA) is 17.1 Å². The van der Waals surface area contributed by atoms with Gasteiger partial charge in [-0.3, -0.25) is 4.79 Å². The molecular weight excluding hydrogens is 136 g/mol. The zero-order chi connectivity index (χ0) is 8.91. The third-order valence-corrected chi connectivity index (χ3v) is 1.68. The van der Waals surface area contributed by atoms with Gasteiger partial charge in [0, 0.05) is 12.8 Å². The fourth-order valence-corrected chi connectivity index (χ4v) is 0.918. The van der Waals surface area contributed by atoms with Gasteiger partial charge in [0.25, 0.3) is 0 Å². The summed E-state index contributed by atoms with van der Waals surface area (Å²) in [6, 6.07) is 0. The van der Waals surface area contributed by atoms with Gasteiger partial charge in [0.1, 0.15) is 5.78 Å². The lowest BCUT2D eigenvalue weighted by Gasteiger charge is -2.16. The van der Waals surface area contributed by atoms with Gasteiger partial charge in [-0.15, -0.1) is 0 Å². The van der Waals surface area contributed by atoms with E-state index in [0.717, 1.165) is 25.7 Å². The van der Waals surface area contributed by atoms with E-state index in [9.17, 15) is 4.79 Å². The first-order valence-electron chi connectivity index (χ1n) is 4.47. The number of hydrogen-bond acceptors (Lipinski definition) is 1. The van der Waals surface area contributed by atoms with Crippen molar-refractivity contribution in [2.75, 3.05) is 0 Å². The molecule has 0 unspecified atom stereocenters. The van der Waals surface area contributed by atoms with Crippen molar-refractivity contribution in [3.05, 3.63) is 0 Å². The molecule has 0 fully saturated rings. The first-order chi connectivity index (χ1) is 4.95. The molecule has 0 heterocycles. The number of hydrogen-bond donors (Lipinski definition) is 0. The molecule has 0 aliphatic heterocycles. The van der Waals surface area contributed by atoms with Crippen LogP contribution in [-0.2, 0) is 4.79 Å². The van der Waals surface area contributed by atoms with E-state index >= 15 is 0 Å². The summed E-state index contributed by atoms with van der Waals surface area (Å²) in [5, 5.41) is 0. The first-order valence-corrected chi connectivity index (χ1v) is 4.47. The molecule has 0 saturated heterocycles. The summed E-state index contributed by atoms with van der Waals surface area (Å²) in [4.78, 5) is 11.1. The maximum atomic E-state index is 11.1. The lowest BCUT2D eigenvalue weighted by Crippen LogP contribution is -2.08. The predicted molar refractivity (Wildman–Crippen MR) is 48.6 cm³/mol. The Morgan fingerprint density at radius 2 is 1.73 bits per heavy atom. The standard InChI is InChI=1S/C10H20O/c1-5-6-9(11)7-8-10(2,3)4/h5-8H2,1-4H3. The fourth-order valence-electron chi connectivity index (χ4n) is 0.918. The summed E-state index contributed by atoms with van der Waals surface area (Å²) >= 11 is 0. The third-order valence-electron chi connectivity index (χ3n) is 1.68. The van der Waals surface area contributed by atoms with E-state index in [0.29, 0.717) is 11.2 Å². The van der Waals surface area contributed by atoms with E-state index in [1.807, 2.05) is 0 Å². The molecular formula is C10H20O. The average molecular weight is 156 g/mol. The van der Waals surface area contributed by atoms with Gasteiger partial charge in [-0.1, -0.05) is 27.7 Å². The van der Waals surface area contributed by atoms with Crippen LogP contribution < -0.4 is 0 Å². The average Bonchev–Trinajstić information content (AvgIpc) is 1.83. The fraction of sp³-hybridized carbons (Fsp3) is 0.900. The zero-order valence-corrected chi connectivity index (χ0v) is 8.24. The summed E-state index contributed by atoms with van der Waals surface area (Å²) in [5.41, 5.74) is 0.309. The highest BCUT2D eigenvalue weighted by molar-refractivity contribution is 5.78. The predicted octanol–water partition coefficient (Wildman–Crippen LogP) is 3.18. The van der Waals surface area contributed by atoms with E-state index in [2.05, 4.69) is 27.7 Å². The summed E-state index contributed by atoms with van der Waals surface area (Å²) in [5.74, 6) is 0.419. The van der Waals surface area contributed by atoms with Gasteiger partial charge < -0.3 is 0 Å². The number of ketones is 1. The van der Waals surface area contributed by atoms with Crippen LogP contribution in [0.4, 0.5) is 0 Å². The van der Waals surface area contributed by atoms with Crippen LogP contribution in [0.2, 0.25) is 0 Å². The number of rotatable bonds is 4. The molecule has 0 aromatic rings. The van der Waals surface area contributed by atoms with Gasteiger partial charge in [-0.25, -0.2) is 0 Å².